The number of aliphatic hydroxyl groups is 1. The maximum absolute atomic E-state index is 12.1. The number of anilines is 1. The van der Waals surface area contributed by atoms with Crippen LogP contribution in [0.4, 0.5) is 10.5 Å². The van der Waals surface area contributed by atoms with Crippen LogP contribution < -0.4 is 4.90 Å². The number of ether oxygens (including phenoxy) is 1. The first-order chi connectivity index (χ1) is 8.44. The van der Waals surface area contributed by atoms with Crippen molar-refractivity contribution >= 4 is 11.8 Å². The van der Waals surface area contributed by atoms with E-state index in [4.69, 9.17) is 9.84 Å². The van der Waals surface area contributed by atoms with Crippen LogP contribution in [0.25, 0.3) is 0 Å². The van der Waals surface area contributed by atoms with E-state index >= 15 is 0 Å². The average molecular weight is 252 g/mol. The van der Waals surface area contributed by atoms with Gasteiger partial charge in [-0.15, -0.1) is 0 Å². The van der Waals surface area contributed by atoms with Gasteiger partial charge >= 0.3 is 6.09 Å². The minimum atomic E-state index is -0.540. The second kappa shape index (κ2) is 6.35. The van der Waals surface area contributed by atoms with Gasteiger partial charge in [0.05, 0.1) is 5.69 Å². The Hall–Kier alpha value is -1.62. The van der Waals surface area contributed by atoms with Gasteiger partial charge in [0.1, 0.15) is 5.60 Å². The number of carbonyl (C=O) groups is 1. The van der Waals surface area contributed by atoms with E-state index in [0.717, 1.165) is 0 Å². The fourth-order valence-corrected chi connectivity index (χ4v) is 1.40. The van der Waals surface area contributed by atoms with Crippen LogP contribution in [0, 0.1) is 0 Å². The van der Waals surface area contributed by atoms with Gasteiger partial charge in [-0.1, -0.05) is 0 Å². The maximum atomic E-state index is 12.1. The lowest BCUT2D eigenvalue weighted by Gasteiger charge is -2.27. The molecule has 5 nitrogen and oxygen atoms in total. The first kappa shape index (κ1) is 14.4. The normalized spacial score (nSPS) is 11.1. The SMILES string of the molecule is CC(C)(C)OC(=O)N(CCCO)c1ccncc1. The summed E-state index contributed by atoms with van der Waals surface area (Å²) in [7, 11) is 0. The van der Waals surface area contributed by atoms with Gasteiger partial charge in [-0.3, -0.25) is 9.88 Å². The third kappa shape index (κ3) is 4.71. The fourth-order valence-electron chi connectivity index (χ4n) is 1.40. The monoisotopic (exact) mass is 252 g/mol. The summed E-state index contributed by atoms with van der Waals surface area (Å²) in [5, 5.41) is 8.89. The van der Waals surface area contributed by atoms with Gasteiger partial charge in [-0.2, -0.15) is 0 Å². The fraction of sp³-hybridized carbons (Fsp3) is 0.538. The zero-order valence-electron chi connectivity index (χ0n) is 11.1. The minimum absolute atomic E-state index is 0.0321. The van der Waals surface area contributed by atoms with Gasteiger partial charge in [0.2, 0.25) is 0 Å². The lowest BCUT2D eigenvalue weighted by Crippen LogP contribution is -2.37. The Morgan fingerprint density at radius 3 is 2.50 bits per heavy atom. The van der Waals surface area contributed by atoms with Crippen molar-refractivity contribution in [1.82, 2.24) is 4.98 Å². The minimum Gasteiger partial charge on any atom is -0.443 e. The molecule has 18 heavy (non-hydrogen) atoms. The van der Waals surface area contributed by atoms with Crippen LogP contribution in [0.15, 0.2) is 24.5 Å². The third-order valence-electron chi connectivity index (χ3n) is 2.13. The van der Waals surface area contributed by atoms with Crippen LogP contribution in [0.2, 0.25) is 0 Å². The van der Waals surface area contributed by atoms with E-state index in [9.17, 15) is 4.79 Å². The van der Waals surface area contributed by atoms with E-state index in [0.29, 0.717) is 18.7 Å². The summed E-state index contributed by atoms with van der Waals surface area (Å²) in [5.41, 5.74) is 0.175. The molecule has 0 unspecified atom stereocenters. The molecule has 1 amide bonds. The van der Waals surface area contributed by atoms with Crippen molar-refractivity contribution in [2.75, 3.05) is 18.1 Å². The number of carbonyl (C=O) groups excluding carboxylic acids is 1. The summed E-state index contributed by atoms with van der Waals surface area (Å²) in [6, 6.07) is 3.47. The molecule has 1 N–H and O–H groups in total. The molecule has 0 saturated heterocycles. The van der Waals surface area contributed by atoms with Crippen LogP contribution in [-0.4, -0.2) is 34.9 Å². The highest BCUT2D eigenvalue weighted by atomic mass is 16.6. The van der Waals surface area contributed by atoms with Crippen molar-refractivity contribution in [1.29, 1.82) is 0 Å². The molecular weight excluding hydrogens is 232 g/mol. The third-order valence-corrected chi connectivity index (χ3v) is 2.13. The molecule has 1 heterocycles. The van der Waals surface area contributed by atoms with E-state index in [1.54, 1.807) is 24.5 Å². The predicted molar refractivity (Wildman–Crippen MR) is 69.5 cm³/mol. The Balaban J connectivity index is 2.82. The van der Waals surface area contributed by atoms with Gasteiger partial charge in [-0.05, 0) is 39.3 Å². The predicted octanol–water partition coefficient (Wildman–Crippen LogP) is 2.21. The highest BCUT2D eigenvalue weighted by Gasteiger charge is 2.22. The van der Waals surface area contributed by atoms with Crippen molar-refractivity contribution in [2.45, 2.75) is 32.8 Å². The number of aromatic nitrogens is 1. The lowest BCUT2D eigenvalue weighted by molar-refractivity contribution is 0.0578. The summed E-state index contributed by atoms with van der Waals surface area (Å²) < 4.78 is 5.34. The van der Waals surface area contributed by atoms with Crippen molar-refractivity contribution in [2.24, 2.45) is 0 Å². The molecular formula is C13H20N2O3. The first-order valence-electron chi connectivity index (χ1n) is 5.95. The molecule has 0 aromatic carbocycles. The summed E-state index contributed by atoms with van der Waals surface area (Å²) >= 11 is 0. The van der Waals surface area contributed by atoms with E-state index in [2.05, 4.69) is 4.98 Å². The number of aliphatic hydroxyl groups excluding tert-OH is 1. The van der Waals surface area contributed by atoms with Gasteiger partial charge < -0.3 is 9.84 Å². The van der Waals surface area contributed by atoms with Crippen LogP contribution in [-0.2, 0) is 4.74 Å². The summed E-state index contributed by atoms with van der Waals surface area (Å²) in [4.78, 5) is 17.5. The number of nitrogens with zero attached hydrogens (tertiary/aromatic N) is 2. The van der Waals surface area contributed by atoms with Gasteiger partial charge in [0, 0.05) is 25.5 Å². The molecule has 0 aliphatic rings. The Labute approximate surface area is 107 Å². The van der Waals surface area contributed by atoms with Crippen molar-refractivity contribution < 1.29 is 14.6 Å². The van der Waals surface area contributed by atoms with E-state index < -0.39 is 11.7 Å². The topological polar surface area (TPSA) is 62.7 Å². The Morgan fingerprint density at radius 1 is 1.39 bits per heavy atom. The van der Waals surface area contributed by atoms with Crippen LogP contribution in [0.1, 0.15) is 27.2 Å². The number of rotatable bonds is 4. The second-order valence-electron chi connectivity index (χ2n) is 4.91. The highest BCUT2D eigenvalue weighted by molar-refractivity contribution is 5.87. The molecule has 0 aliphatic carbocycles. The largest absolute Gasteiger partial charge is 0.443 e. The van der Waals surface area contributed by atoms with Crippen molar-refractivity contribution in [3.8, 4) is 0 Å². The molecule has 0 aliphatic heterocycles. The van der Waals surface area contributed by atoms with Crippen LogP contribution in [0.5, 0.6) is 0 Å². The quantitative estimate of drug-likeness (QED) is 0.892. The van der Waals surface area contributed by atoms with Crippen molar-refractivity contribution in [3.05, 3.63) is 24.5 Å². The zero-order chi connectivity index (χ0) is 13.6. The molecule has 100 valence electrons. The van der Waals surface area contributed by atoms with Gasteiger partial charge in [0.15, 0.2) is 0 Å². The number of amides is 1. The molecule has 0 atom stereocenters. The smallest absolute Gasteiger partial charge is 0.414 e. The Kier molecular flexibility index (Phi) is 5.09. The molecule has 5 heteroatoms. The molecule has 0 spiro atoms. The summed E-state index contributed by atoms with van der Waals surface area (Å²) in [5.74, 6) is 0. The standard InChI is InChI=1S/C13H20N2O3/c1-13(2,3)18-12(17)15(9-4-10-16)11-5-7-14-8-6-11/h5-8,16H,4,9-10H2,1-3H3. The van der Waals surface area contributed by atoms with Crippen LogP contribution in [0.3, 0.4) is 0 Å². The molecule has 0 saturated carbocycles. The first-order valence-corrected chi connectivity index (χ1v) is 5.95. The molecule has 1 aromatic rings. The second-order valence-corrected chi connectivity index (χ2v) is 4.91. The Bertz CT molecular complexity index is 374. The van der Waals surface area contributed by atoms with Crippen molar-refractivity contribution in [3.63, 3.8) is 0 Å². The molecule has 0 radical (unpaired) electrons. The summed E-state index contributed by atoms with van der Waals surface area (Å²) in [6.45, 7) is 5.91. The van der Waals surface area contributed by atoms with E-state index in [-0.39, 0.29) is 6.61 Å². The van der Waals surface area contributed by atoms with E-state index in [1.807, 2.05) is 20.8 Å². The van der Waals surface area contributed by atoms with Gasteiger partial charge in [0.25, 0.3) is 0 Å². The molecule has 0 fully saturated rings. The Morgan fingerprint density at radius 2 is 2.00 bits per heavy atom. The lowest BCUT2D eigenvalue weighted by atomic mass is 10.2. The molecule has 1 aromatic heterocycles. The zero-order valence-corrected chi connectivity index (χ0v) is 11.1. The number of pyridine rings is 1. The maximum Gasteiger partial charge on any atom is 0.414 e. The highest BCUT2D eigenvalue weighted by Crippen LogP contribution is 2.17. The summed E-state index contributed by atoms with van der Waals surface area (Å²) in [6.07, 6.45) is 3.32. The van der Waals surface area contributed by atoms with Crippen LogP contribution >= 0.6 is 0 Å². The van der Waals surface area contributed by atoms with Gasteiger partial charge in [-0.25, -0.2) is 4.79 Å². The average Bonchev–Trinajstić information content (AvgIpc) is 2.28. The van der Waals surface area contributed by atoms with E-state index in [1.165, 1.54) is 4.90 Å². The molecule has 1 rings (SSSR count). The number of hydrogen-bond donors (Lipinski definition) is 1. The molecule has 0 bridgehead atoms. The number of hydrogen-bond acceptors (Lipinski definition) is 4.